The Morgan fingerprint density at radius 1 is 1.04 bits per heavy atom. The lowest BCUT2D eigenvalue weighted by Gasteiger charge is -2.10. The maximum absolute atomic E-state index is 12.4. The molecular formula is C19H18N4O2. The van der Waals surface area contributed by atoms with Crippen molar-refractivity contribution >= 4 is 23.1 Å². The van der Waals surface area contributed by atoms with Crippen LogP contribution in [0.3, 0.4) is 0 Å². The Morgan fingerprint density at radius 3 is 2.68 bits per heavy atom. The Hall–Kier alpha value is -3.41. The summed E-state index contributed by atoms with van der Waals surface area (Å²) in [5.41, 5.74) is 2.83. The summed E-state index contributed by atoms with van der Waals surface area (Å²) in [5.74, 6) is 0.972. The Balaban J connectivity index is 1.76. The number of ether oxygens (including phenoxy) is 1. The third-order valence-corrected chi connectivity index (χ3v) is 3.64. The van der Waals surface area contributed by atoms with E-state index in [1.54, 1.807) is 13.2 Å². The normalized spacial score (nSPS) is 10.2. The number of nitrogens with one attached hydrogen (secondary N) is 2. The Kier molecular flexibility index (Phi) is 4.89. The highest BCUT2D eigenvalue weighted by Gasteiger charge is 2.10. The van der Waals surface area contributed by atoms with Crippen LogP contribution in [0.1, 0.15) is 16.1 Å². The zero-order valence-corrected chi connectivity index (χ0v) is 14.0. The average Bonchev–Trinajstić information content (AvgIpc) is 2.64. The van der Waals surface area contributed by atoms with Gasteiger partial charge in [-0.3, -0.25) is 4.79 Å². The van der Waals surface area contributed by atoms with Gasteiger partial charge in [0.05, 0.1) is 7.11 Å². The number of methoxy groups -OCH3 is 1. The predicted octanol–water partition coefficient (Wildman–Crippen LogP) is 3.79. The largest absolute Gasteiger partial charge is 0.497 e. The van der Waals surface area contributed by atoms with Crippen LogP contribution in [-0.2, 0) is 0 Å². The van der Waals surface area contributed by atoms with Gasteiger partial charge in [0.25, 0.3) is 5.91 Å². The van der Waals surface area contributed by atoms with Gasteiger partial charge in [0.1, 0.15) is 23.6 Å². The minimum absolute atomic E-state index is 0.281. The molecule has 0 saturated heterocycles. The van der Waals surface area contributed by atoms with Crippen LogP contribution in [0, 0.1) is 6.92 Å². The number of amides is 1. The van der Waals surface area contributed by atoms with E-state index in [1.807, 2.05) is 55.5 Å². The fourth-order valence-corrected chi connectivity index (χ4v) is 2.30. The van der Waals surface area contributed by atoms with Crippen molar-refractivity contribution in [2.75, 3.05) is 17.7 Å². The predicted molar refractivity (Wildman–Crippen MR) is 97.4 cm³/mol. The lowest BCUT2D eigenvalue weighted by molar-refractivity contribution is 0.102. The molecule has 0 aliphatic heterocycles. The number of nitrogens with zero attached hydrogens (tertiary/aromatic N) is 2. The molecule has 0 saturated carbocycles. The molecule has 0 bridgehead atoms. The van der Waals surface area contributed by atoms with E-state index in [-0.39, 0.29) is 11.6 Å². The minimum atomic E-state index is -0.287. The summed E-state index contributed by atoms with van der Waals surface area (Å²) < 4.78 is 5.20. The summed E-state index contributed by atoms with van der Waals surface area (Å²) >= 11 is 0. The minimum Gasteiger partial charge on any atom is -0.497 e. The highest BCUT2D eigenvalue weighted by atomic mass is 16.5. The average molecular weight is 334 g/mol. The van der Waals surface area contributed by atoms with Crippen LogP contribution in [0.4, 0.5) is 17.2 Å². The lowest BCUT2D eigenvalue weighted by Crippen LogP contribution is -2.15. The first-order chi connectivity index (χ1) is 12.2. The molecule has 0 spiro atoms. The van der Waals surface area contributed by atoms with Crippen molar-refractivity contribution in [2.24, 2.45) is 0 Å². The number of para-hydroxylation sites is 1. The van der Waals surface area contributed by atoms with Crippen LogP contribution in [0.5, 0.6) is 5.75 Å². The highest BCUT2D eigenvalue weighted by molar-refractivity contribution is 6.03. The number of rotatable bonds is 5. The molecule has 0 fully saturated rings. The van der Waals surface area contributed by atoms with Gasteiger partial charge in [-0.2, -0.15) is 0 Å². The molecule has 0 aliphatic rings. The zero-order valence-electron chi connectivity index (χ0n) is 14.0. The summed E-state index contributed by atoms with van der Waals surface area (Å²) in [6.45, 7) is 1.94. The molecule has 0 radical (unpaired) electrons. The van der Waals surface area contributed by atoms with E-state index in [9.17, 15) is 4.79 Å². The molecule has 126 valence electrons. The number of hydrogen-bond donors (Lipinski definition) is 2. The molecule has 6 nitrogen and oxygen atoms in total. The second kappa shape index (κ2) is 7.44. The van der Waals surface area contributed by atoms with Crippen molar-refractivity contribution in [3.05, 3.63) is 72.2 Å². The van der Waals surface area contributed by atoms with Gasteiger partial charge in [-0.05, 0) is 30.7 Å². The second-order valence-electron chi connectivity index (χ2n) is 5.41. The third kappa shape index (κ3) is 4.11. The van der Waals surface area contributed by atoms with Gasteiger partial charge in [0.15, 0.2) is 0 Å². The SMILES string of the molecule is COc1cccc(Nc2cc(C(=O)Nc3ccccc3C)ncn2)c1. The van der Waals surface area contributed by atoms with Gasteiger partial charge >= 0.3 is 0 Å². The topological polar surface area (TPSA) is 76.1 Å². The summed E-state index contributed by atoms with van der Waals surface area (Å²) in [7, 11) is 1.61. The van der Waals surface area contributed by atoms with Gasteiger partial charge in [-0.1, -0.05) is 24.3 Å². The third-order valence-electron chi connectivity index (χ3n) is 3.64. The van der Waals surface area contributed by atoms with E-state index in [0.29, 0.717) is 5.82 Å². The maximum atomic E-state index is 12.4. The Labute approximate surface area is 145 Å². The van der Waals surface area contributed by atoms with Gasteiger partial charge in [0, 0.05) is 23.5 Å². The van der Waals surface area contributed by atoms with E-state index in [2.05, 4.69) is 20.6 Å². The van der Waals surface area contributed by atoms with Gasteiger partial charge < -0.3 is 15.4 Å². The molecule has 3 aromatic rings. The fourth-order valence-electron chi connectivity index (χ4n) is 2.30. The number of carbonyl (C=O) groups is 1. The molecule has 1 heterocycles. The summed E-state index contributed by atoms with van der Waals surface area (Å²) in [6.07, 6.45) is 1.36. The molecule has 1 aromatic heterocycles. The summed E-state index contributed by atoms with van der Waals surface area (Å²) in [6, 6.07) is 16.6. The van der Waals surface area contributed by atoms with Crippen molar-refractivity contribution < 1.29 is 9.53 Å². The van der Waals surface area contributed by atoms with E-state index >= 15 is 0 Å². The number of benzene rings is 2. The van der Waals surface area contributed by atoms with Crippen LogP contribution in [0.15, 0.2) is 60.9 Å². The number of aryl methyl sites for hydroxylation is 1. The van der Waals surface area contributed by atoms with Crippen molar-refractivity contribution in [3.63, 3.8) is 0 Å². The maximum Gasteiger partial charge on any atom is 0.274 e. The standard InChI is InChI=1S/C19H18N4O2/c1-13-6-3-4-9-16(13)23-19(24)17-11-18(21-12-20-17)22-14-7-5-8-15(10-14)25-2/h3-12H,1-2H3,(H,23,24)(H,20,21,22). The van der Waals surface area contributed by atoms with Crippen molar-refractivity contribution in [3.8, 4) is 5.75 Å². The second-order valence-corrected chi connectivity index (χ2v) is 5.41. The van der Waals surface area contributed by atoms with E-state index in [0.717, 1.165) is 22.7 Å². The Bertz CT molecular complexity index is 896. The highest BCUT2D eigenvalue weighted by Crippen LogP contribution is 2.20. The first kappa shape index (κ1) is 16.4. The molecule has 3 rings (SSSR count). The van der Waals surface area contributed by atoms with Crippen LogP contribution >= 0.6 is 0 Å². The van der Waals surface area contributed by atoms with Gasteiger partial charge in [-0.25, -0.2) is 9.97 Å². The van der Waals surface area contributed by atoms with Crippen LogP contribution in [0.2, 0.25) is 0 Å². The molecular weight excluding hydrogens is 316 g/mol. The molecule has 0 aliphatic carbocycles. The molecule has 0 atom stereocenters. The molecule has 2 N–H and O–H groups in total. The quantitative estimate of drug-likeness (QED) is 0.742. The molecule has 1 amide bonds. The molecule has 6 heteroatoms. The lowest BCUT2D eigenvalue weighted by atomic mass is 10.2. The summed E-state index contributed by atoms with van der Waals surface area (Å²) in [5, 5.41) is 6.00. The van der Waals surface area contributed by atoms with Gasteiger partial charge in [0.2, 0.25) is 0 Å². The van der Waals surface area contributed by atoms with Crippen molar-refractivity contribution in [1.82, 2.24) is 9.97 Å². The number of hydrogen-bond acceptors (Lipinski definition) is 5. The van der Waals surface area contributed by atoms with Crippen LogP contribution in [-0.4, -0.2) is 23.0 Å². The van der Waals surface area contributed by atoms with E-state index < -0.39 is 0 Å². The number of carbonyl (C=O) groups excluding carboxylic acids is 1. The Morgan fingerprint density at radius 2 is 1.88 bits per heavy atom. The van der Waals surface area contributed by atoms with Crippen LogP contribution in [0.25, 0.3) is 0 Å². The first-order valence-electron chi connectivity index (χ1n) is 7.76. The van der Waals surface area contributed by atoms with Gasteiger partial charge in [-0.15, -0.1) is 0 Å². The first-order valence-corrected chi connectivity index (χ1v) is 7.76. The monoisotopic (exact) mass is 334 g/mol. The van der Waals surface area contributed by atoms with E-state index in [1.165, 1.54) is 6.33 Å². The fraction of sp³-hybridized carbons (Fsp3) is 0.105. The molecule has 2 aromatic carbocycles. The number of anilines is 3. The van der Waals surface area contributed by atoms with Crippen LogP contribution < -0.4 is 15.4 Å². The molecule has 25 heavy (non-hydrogen) atoms. The zero-order chi connectivity index (χ0) is 17.6. The summed E-state index contributed by atoms with van der Waals surface area (Å²) in [4.78, 5) is 20.6. The smallest absolute Gasteiger partial charge is 0.274 e. The molecule has 0 unspecified atom stereocenters. The van der Waals surface area contributed by atoms with E-state index in [4.69, 9.17) is 4.74 Å². The van der Waals surface area contributed by atoms with Crippen molar-refractivity contribution in [1.29, 1.82) is 0 Å². The number of aromatic nitrogens is 2. The van der Waals surface area contributed by atoms with Crippen molar-refractivity contribution in [2.45, 2.75) is 6.92 Å².